The summed E-state index contributed by atoms with van der Waals surface area (Å²) >= 11 is 0. The van der Waals surface area contributed by atoms with E-state index in [1.165, 1.54) is 33.4 Å². The van der Waals surface area contributed by atoms with E-state index in [0.29, 0.717) is 0 Å². The second-order valence-corrected chi connectivity index (χ2v) is 9.43. The van der Waals surface area contributed by atoms with E-state index >= 15 is 0 Å². The minimum Gasteiger partial charge on any atom is -0.394 e. The van der Waals surface area contributed by atoms with Crippen LogP contribution in [0.1, 0.15) is 71.2 Å². The van der Waals surface area contributed by atoms with Gasteiger partial charge in [-0.25, -0.2) is 0 Å². The molecule has 0 spiro atoms. The average Bonchev–Trinajstić information content (AvgIpc) is 3.29. The van der Waals surface area contributed by atoms with Crippen molar-refractivity contribution >= 4 is 0 Å². The van der Waals surface area contributed by atoms with Crippen molar-refractivity contribution in [3.05, 3.63) is 69.3 Å². The first-order chi connectivity index (χ1) is 15.4. The molecule has 5 atom stereocenters. The Labute approximate surface area is 190 Å². The highest BCUT2D eigenvalue weighted by Crippen LogP contribution is 2.40. The number of aliphatic hydroxyl groups is 4. The molecule has 32 heavy (non-hydrogen) atoms. The molecule has 2 aromatic carbocycles. The maximum atomic E-state index is 10.9. The third-order valence-corrected chi connectivity index (χ3v) is 7.14. The molecule has 1 saturated heterocycles. The number of unbranched alkanes of at least 4 members (excludes halogenated alkanes) is 1. The Balaban J connectivity index is 1.79. The summed E-state index contributed by atoms with van der Waals surface area (Å²) in [6, 6.07) is 10.7. The van der Waals surface area contributed by atoms with Gasteiger partial charge in [-0.1, -0.05) is 49.2 Å². The highest BCUT2D eigenvalue weighted by molar-refractivity contribution is 5.51. The van der Waals surface area contributed by atoms with Crippen LogP contribution in [-0.4, -0.2) is 51.4 Å². The molecule has 1 aliphatic carbocycles. The van der Waals surface area contributed by atoms with Gasteiger partial charge in [0, 0.05) is 0 Å². The zero-order chi connectivity index (χ0) is 22.8. The Bertz CT molecular complexity index is 921. The Kier molecular flexibility index (Phi) is 7.33. The molecule has 1 fully saturated rings. The van der Waals surface area contributed by atoms with Crippen molar-refractivity contribution in [2.75, 3.05) is 6.61 Å². The zero-order valence-electron chi connectivity index (χ0n) is 19.1. The van der Waals surface area contributed by atoms with Gasteiger partial charge in [-0.15, -0.1) is 0 Å². The first-order valence-corrected chi connectivity index (χ1v) is 12.0. The zero-order valence-corrected chi connectivity index (χ0v) is 19.1. The van der Waals surface area contributed by atoms with Gasteiger partial charge < -0.3 is 25.2 Å². The van der Waals surface area contributed by atoms with Crippen molar-refractivity contribution < 1.29 is 25.2 Å². The SMILES string of the molecule is CCCCc1c(C2OC(CO)C(O)C(O)C2O)cc(Cc2ccc(C)cc2)c2c1CCC2. The van der Waals surface area contributed by atoms with Gasteiger partial charge in [-0.2, -0.15) is 0 Å². The van der Waals surface area contributed by atoms with Crippen LogP contribution in [0.2, 0.25) is 0 Å². The summed E-state index contributed by atoms with van der Waals surface area (Å²) in [4.78, 5) is 0. The number of benzene rings is 2. The maximum Gasteiger partial charge on any atom is 0.113 e. The largest absolute Gasteiger partial charge is 0.394 e. The van der Waals surface area contributed by atoms with Crippen LogP contribution in [0.5, 0.6) is 0 Å². The van der Waals surface area contributed by atoms with Crippen molar-refractivity contribution in [1.29, 1.82) is 0 Å². The fourth-order valence-corrected chi connectivity index (χ4v) is 5.31. The van der Waals surface area contributed by atoms with Crippen LogP contribution in [0.25, 0.3) is 0 Å². The summed E-state index contributed by atoms with van der Waals surface area (Å²) in [6.07, 6.45) is 1.37. The number of hydrogen-bond donors (Lipinski definition) is 4. The summed E-state index contributed by atoms with van der Waals surface area (Å²) in [6.45, 7) is 3.84. The highest BCUT2D eigenvalue weighted by Gasteiger charge is 2.45. The molecule has 1 heterocycles. The lowest BCUT2D eigenvalue weighted by atomic mass is 9.82. The molecule has 0 bridgehead atoms. The van der Waals surface area contributed by atoms with Gasteiger partial charge in [0.1, 0.15) is 30.5 Å². The number of fused-ring (bicyclic) bond motifs is 1. The Hall–Kier alpha value is -1.76. The van der Waals surface area contributed by atoms with Gasteiger partial charge in [0.2, 0.25) is 0 Å². The van der Waals surface area contributed by atoms with E-state index in [1.54, 1.807) is 0 Å². The van der Waals surface area contributed by atoms with E-state index in [-0.39, 0.29) is 0 Å². The molecule has 2 aromatic rings. The van der Waals surface area contributed by atoms with Crippen LogP contribution < -0.4 is 0 Å². The minimum atomic E-state index is -1.36. The monoisotopic (exact) mass is 440 g/mol. The lowest BCUT2D eigenvalue weighted by Gasteiger charge is -2.41. The lowest BCUT2D eigenvalue weighted by Crippen LogP contribution is -2.55. The van der Waals surface area contributed by atoms with Crippen LogP contribution in [0, 0.1) is 6.92 Å². The van der Waals surface area contributed by atoms with Crippen molar-refractivity contribution in [2.45, 2.75) is 89.3 Å². The standard InChI is InChI=1S/C27H36O5/c1-3-4-6-21-20-8-5-7-19(20)18(13-17-11-9-16(2)10-12-17)14-22(21)27-26(31)25(30)24(29)23(15-28)32-27/h9-12,14,23-31H,3-8,13,15H2,1-2H3. The van der Waals surface area contributed by atoms with E-state index in [2.05, 4.69) is 44.2 Å². The summed E-state index contributed by atoms with van der Waals surface area (Å²) < 4.78 is 6.01. The molecule has 4 N–H and O–H groups in total. The van der Waals surface area contributed by atoms with E-state index < -0.39 is 37.1 Å². The summed E-state index contributed by atoms with van der Waals surface area (Å²) in [5.41, 5.74) is 8.63. The third kappa shape index (κ3) is 4.50. The van der Waals surface area contributed by atoms with Gasteiger partial charge in [0.25, 0.3) is 0 Å². The Morgan fingerprint density at radius 2 is 1.69 bits per heavy atom. The topological polar surface area (TPSA) is 90.2 Å². The molecule has 2 aliphatic rings. The number of rotatable bonds is 7. The molecule has 5 nitrogen and oxygen atoms in total. The van der Waals surface area contributed by atoms with Crippen LogP contribution >= 0.6 is 0 Å². The van der Waals surface area contributed by atoms with Gasteiger partial charge in [-0.05, 0) is 78.8 Å². The van der Waals surface area contributed by atoms with E-state index in [9.17, 15) is 20.4 Å². The first-order valence-electron chi connectivity index (χ1n) is 12.0. The van der Waals surface area contributed by atoms with Gasteiger partial charge in [0.05, 0.1) is 6.61 Å². The smallest absolute Gasteiger partial charge is 0.113 e. The Morgan fingerprint density at radius 3 is 2.38 bits per heavy atom. The molecule has 174 valence electrons. The third-order valence-electron chi connectivity index (χ3n) is 7.14. The quantitative estimate of drug-likeness (QED) is 0.532. The van der Waals surface area contributed by atoms with E-state index in [0.717, 1.165) is 50.5 Å². The first kappa shape index (κ1) is 23.4. The Morgan fingerprint density at radius 1 is 0.969 bits per heavy atom. The summed E-state index contributed by atoms with van der Waals surface area (Å²) in [5.74, 6) is 0. The predicted octanol–water partition coefficient (Wildman–Crippen LogP) is 2.93. The second-order valence-electron chi connectivity index (χ2n) is 9.43. The fraction of sp³-hybridized carbons (Fsp3) is 0.556. The normalized spacial score (nSPS) is 27.5. The van der Waals surface area contributed by atoms with Gasteiger partial charge >= 0.3 is 0 Å². The molecule has 0 amide bonds. The van der Waals surface area contributed by atoms with Crippen molar-refractivity contribution in [3.63, 3.8) is 0 Å². The number of hydrogen-bond acceptors (Lipinski definition) is 5. The highest BCUT2D eigenvalue weighted by atomic mass is 16.5. The molecular weight excluding hydrogens is 404 g/mol. The summed E-state index contributed by atoms with van der Waals surface area (Å²) in [5, 5.41) is 41.3. The molecule has 0 radical (unpaired) electrons. The van der Waals surface area contributed by atoms with Crippen LogP contribution in [0.3, 0.4) is 0 Å². The van der Waals surface area contributed by atoms with Crippen LogP contribution in [0.15, 0.2) is 30.3 Å². The van der Waals surface area contributed by atoms with Crippen molar-refractivity contribution in [2.24, 2.45) is 0 Å². The summed E-state index contributed by atoms with van der Waals surface area (Å²) in [7, 11) is 0. The average molecular weight is 441 g/mol. The number of ether oxygens (including phenoxy) is 1. The maximum absolute atomic E-state index is 10.9. The predicted molar refractivity (Wildman–Crippen MR) is 124 cm³/mol. The molecule has 1 aliphatic heterocycles. The van der Waals surface area contributed by atoms with Crippen molar-refractivity contribution in [3.8, 4) is 0 Å². The molecule has 5 unspecified atom stereocenters. The fourth-order valence-electron chi connectivity index (χ4n) is 5.31. The molecule has 4 rings (SSSR count). The van der Waals surface area contributed by atoms with Crippen molar-refractivity contribution in [1.82, 2.24) is 0 Å². The minimum absolute atomic E-state index is 0.410. The van der Waals surface area contributed by atoms with E-state index in [4.69, 9.17) is 4.74 Å². The lowest BCUT2D eigenvalue weighted by molar-refractivity contribution is -0.231. The van der Waals surface area contributed by atoms with Gasteiger partial charge in [-0.3, -0.25) is 0 Å². The number of aliphatic hydroxyl groups excluding tert-OH is 4. The van der Waals surface area contributed by atoms with E-state index in [1.807, 2.05) is 0 Å². The number of aryl methyl sites for hydroxylation is 1. The van der Waals surface area contributed by atoms with Gasteiger partial charge in [0.15, 0.2) is 0 Å². The van der Waals surface area contributed by atoms with Crippen LogP contribution in [0.4, 0.5) is 0 Å². The molecule has 0 aromatic heterocycles. The molecular formula is C27H36O5. The molecule has 5 heteroatoms. The van der Waals surface area contributed by atoms with Crippen LogP contribution in [-0.2, 0) is 30.4 Å². The molecule has 0 saturated carbocycles. The second kappa shape index (κ2) is 10.0.